The van der Waals surface area contributed by atoms with Gasteiger partial charge in [0, 0.05) is 5.92 Å². The monoisotopic (exact) mass is 373 g/mol. The lowest BCUT2D eigenvalue weighted by Gasteiger charge is -2.39. The summed E-state index contributed by atoms with van der Waals surface area (Å²) in [4.78, 5) is 26.0. The number of carbonyl (C=O) groups is 2. The highest BCUT2D eigenvalue weighted by molar-refractivity contribution is 6.74. The lowest BCUT2D eigenvalue weighted by Crippen LogP contribution is -2.55. The molecule has 1 N–H and O–H groups in total. The minimum absolute atomic E-state index is 0.00564. The molecular weight excluding hydrogens is 338 g/mol. The molecule has 0 unspecified atom stereocenters. The molecule has 1 aliphatic rings. The van der Waals surface area contributed by atoms with Gasteiger partial charge in [-0.2, -0.15) is 0 Å². The van der Waals surface area contributed by atoms with Gasteiger partial charge >= 0.3 is 12.1 Å². The molecule has 1 fully saturated rings. The summed E-state index contributed by atoms with van der Waals surface area (Å²) in [6.07, 6.45) is -0.930. The number of carboxylic acid groups (broad SMARTS) is 1. The number of hydrogen-bond acceptors (Lipinski definition) is 4. The summed E-state index contributed by atoms with van der Waals surface area (Å²) < 4.78 is 11.9. The van der Waals surface area contributed by atoms with Crippen molar-refractivity contribution in [3.8, 4) is 0 Å². The van der Waals surface area contributed by atoms with Crippen molar-refractivity contribution in [3.05, 3.63) is 0 Å². The molecule has 1 heterocycles. The third-order valence-corrected chi connectivity index (χ3v) is 10.2. The summed E-state index contributed by atoms with van der Waals surface area (Å²) in [5.41, 5.74) is -2.03. The predicted octanol–water partition coefficient (Wildman–Crippen LogP) is 4.11. The van der Waals surface area contributed by atoms with E-state index in [0.717, 1.165) is 0 Å². The van der Waals surface area contributed by atoms with E-state index >= 15 is 0 Å². The molecule has 0 aromatic rings. The van der Waals surface area contributed by atoms with Gasteiger partial charge in [-0.15, -0.1) is 0 Å². The maximum Gasteiger partial charge on any atom is 0.411 e. The fourth-order valence-electron chi connectivity index (χ4n) is 2.72. The van der Waals surface area contributed by atoms with Crippen molar-refractivity contribution < 1.29 is 23.9 Å². The third kappa shape index (κ3) is 4.37. The smallest absolute Gasteiger partial charge is 0.411 e. The fourth-order valence-corrected chi connectivity index (χ4v) is 4.11. The van der Waals surface area contributed by atoms with E-state index in [2.05, 4.69) is 33.9 Å². The number of carboxylic acids is 1. The number of aliphatic carboxylic acids is 1. The van der Waals surface area contributed by atoms with Crippen LogP contribution in [0.4, 0.5) is 4.79 Å². The first-order valence-electron chi connectivity index (χ1n) is 8.85. The lowest BCUT2D eigenvalue weighted by molar-refractivity contribution is -0.150. The minimum Gasteiger partial charge on any atom is -0.479 e. The molecule has 146 valence electrons. The van der Waals surface area contributed by atoms with Gasteiger partial charge in [-0.3, -0.25) is 4.90 Å². The standard InChI is InChI=1S/C18H35NO5Si/c1-12-13(24-25(9,10)17(5,6)7)11-19(18(12,8)14(20)21)15(22)23-16(2,3)4/h12-13H,11H2,1-10H3,(H,20,21)/t12-,13+,18+/m1/s1. The maximum atomic E-state index is 12.6. The maximum absolute atomic E-state index is 12.6. The van der Waals surface area contributed by atoms with Crippen molar-refractivity contribution in [1.82, 2.24) is 4.90 Å². The first-order valence-corrected chi connectivity index (χ1v) is 11.8. The number of amides is 1. The molecule has 0 radical (unpaired) electrons. The van der Waals surface area contributed by atoms with Crippen molar-refractivity contribution in [3.63, 3.8) is 0 Å². The van der Waals surface area contributed by atoms with Crippen LogP contribution in [0, 0.1) is 5.92 Å². The zero-order chi connectivity index (χ0) is 20.0. The topological polar surface area (TPSA) is 76.1 Å². The van der Waals surface area contributed by atoms with Gasteiger partial charge in [0.05, 0.1) is 12.6 Å². The van der Waals surface area contributed by atoms with Gasteiger partial charge in [0.2, 0.25) is 0 Å². The Bertz CT molecular complexity index is 535. The Kier molecular flexibility index (Phi) is 5.78. The first-order chi connectivity index (χ1) is 10.9. The SMILES string of the molecule is C[C@@H]1[C@@H](O[Si](C)(C)C(C)(C)C)CN(C(=O)OC(C)(C)C)[C@]1(C)C(=O)O. The molecule has 1 saturated heterocycles. The Morgan fingerprint density at radius 1 is 1.16 bits per heavy atom. The quantitative estimate of drug-likeness (QED) is 0.754. The summed E-state index contributed by atoms with van der Waals surface area (Å²) in [6, 6.07) is 0. The molecule has 6 nitrogen and oxygen atoms in total. The highest BCUT2D eigenvalue weighted by Crippen LogP contribution is 2.43. The lowest BCUT2D eigenvalue weighted by atomic mass is 9.87. The Balaban J connectivity index is 3.16. The summed E-state index contributed by atoms with van der Waals surface area (Å²) >= 11 is 0. The highest BCUT2D eigenvalue weighted by Gasteiger charge is 2.58. The van der Waals surface area contributed by atoms with Crippen LogP contribution in [-0.4, -0.2) is 54.2 Å². The average Bonchev–Trinajstić information content (AvgIpc) is 2.61. The minimum atomic E-state index is -2.09. The molecule has 1 rings (SSSR count). The number of nitrogens with zero attached hydrogens (tertiary/aromatic N) is 1. The molecule has 0 saturated carbocycles. The molecule has 1 amide bonds. The normalized spacial score (nSPS) is 28.2. The molecule has 1 aliphatic heterocycles. The fraction of sp³-hybridized carbons (Fsp3) is 0.889. The number of likely N-dealkylation sites (tertiary alicyclic amines) is 1. The Morgan fingerprint density at radius 2 is 1.64 bits per heavy atom. The highest BCUT2D eigenvalue weighted by atomic mass is 28.4. The van der Waals surface area contributed by atoms with E-state index in [1.54, 1.807) is 27.7 Å². The largest absolute Gasteiger partial charge is 0.479 e. The molecule has 7 heteroatoms. The molecule has 0 aromatic carbocycles. The average molecular weight is 374 g/mol. The van der Waals surface area contributed by atoms with Crippen LogP contribution in [0.1, 0.15) is 55.4 Å². The third-order valence-electron chi connectivity index (χ3n) is 5.67. The Morgan fingerprint density at radius 3 is 2.00 bits per heavy atom. The number of rotatable bonds is 3. The van der Waals surface area contributed by atoms with Crippen LogP contribution >= 0.6 is 0 Å². The van der Waals surface area contributed by atoms with Gasteiger partial charge in [-0.1, -0.05) is 27.7 Å². The molecule has 0 bridgehead atoms. The van der Waals surface area contributed by atoms with E-state index in [4.69, 9.17) is 9.16 Å². The van der Waals surface area contributed by atoms with Crippen molar-refractivity contribution in [2.24, 2.45) is 5.92 Å². The molecule has 3 atom stereocenters. The van der Waals surface area contributed by atoms with E-state index in [1.165, 1.54) is 4.90 Å². The van der Waals surface area contributed by atoms with Crippen LogP contribution in [0.2, 0.25) is 18.1 Å². The van der Waals surface area contributed by atoms with Crippen molar-refractivity contribution in [1.29, 1.82) is 0 Å². The van der Waals surface area contributed by atoms with Gasteiger partial charge in [0.1, 0.15) is 11.1 Å². The van der Waals surface area contributed by atoms with Crippen LogP contribution in [0.25, 0.3) is 0 Å². The van der Waals surface area contributed by atoms with Gasteiger partial charge in [0.25, 0.3) is 0 Å². The predicted molar refractivity (Wildman–Crippen MR) is 100 cm³/mol. The second kappa shape index (κ2) is 6.58. The number of carbonyl (C=O) groups excluding carboxylic acids is 1. The van der Waals surface area contributed by atoms with E-state index in [9.17, 15) is 14.7 Å². The molecule has 0 aliphatic carbocycles. The van der Waals surface area contributed by atoms with E-state index in [1.807, 2.05) is 6.92 Å². The van der Waals surface area contributed by atoms with E-state index < -0.39 is 31.5 Å². The summed E-state index contributed by atoms with van der Waals surface area (Å²) in [5, 5.41) is 9.85. The van der Waals surface area contributed by atoms with Crippen molar-refractivity contribution in [2.45, 2.75) is 90.8 Å². The Hall–Kier alpha value is -1.08. The zero-order valence-corrected chi connectivity index (χ0v) is 18.4. The van der Waals surface area contributed by atoms with Crippen LogP contribution in [-0.2, 0) is 14.0 Å². The number of hydrogen-bond donors (Lipinski definition) is 1. The first kappa shape index (κ1) is 22.0. The van der Waals surface area contributed by atoms with Crippen LogP contribution in [0.3, 0.4) is 0 Å². The summed E-state index contributed by atoms with van der Waals surface area (Å²) in [7, 11) is -2.09. The summed E-state index contributed by atoms with van der Waals surface area (Å²) in [5.74, 6) is -1.38. The van der Waals surface area contributed by atoms with E-state index in [0.29, 0.717) is 0 Å². The van der Waals surface area contributed by atoms with Gasteiger partial charge in [-0.05, 0) is 45.8 Å². The molecular formula is C18H35NO5Si. The Labute approximate surface area is 153 Å². The molecule has 0 spiro atoms. The van der Waals surface area contributed by atoms with Crippen LogP contribution < -0.4 is 0 Å². The second-order valence-electron chi connectivity index (χ2n) is 9.75. The second-order valence-corrected chi connectivity index (χ2v) is 14.5. The van der Waals surface area contributed by atoms with Crippen LogP contribution in [0.5, 0.6) is 0 Å². The van der Waals surface area contributed by atoms with Crippen LogP contribution in [0.15, 0.2) is 0 Å². The van der Waals surface area contributed by atoms with Gasteiger partial charge in [0.15, 0.2) is 8.32 Å². The number of ether oxygens (including phenoxy) is 1. The van der Waals surface area contributed by atoms with Gasteiger partial charge < -0.3 is 14.3 Å². The molecule has 25 heavy (non-hydrogen) atoms. The van der Waals surface area contributed by atoms with Crippen molar-refractivity contribution in [2.75, 3.05) is 6.54 Å². The molecule has 0 aromatic heterocycles. The van der Waals surface area contributed by atoms with E-state index in [-0.39, 0.29) is 23.6 Å². The summed E-state index contributed by atoms with van der Waals surface area (Å²) in [6.45, 7) is 19.6. The zero-order valence-electron chi connectivity index (χ0n) is 17.4. The van der Waals surface area contributed by atoms with Gasteiger partial charge in [-0.25, -0.2) is 9.59 Å². The van der Waals surface area contributed by atoms with Crippen molar-refractivity contribution >= 4 is 20.4 Å².